The molecule has 7 heteroatoms. The molecule has 0 fully saturated rings. The predicted octanol–water partition coefficient (Wildman–Crippen LogP) is 4.58. The van der Waals surface area contributed by atoms with Crippen molar-refractivity contribution in [2.45, 2.75) is 19.9 Å². The molecule has 2 aromatic carbocycles. The highest BCUT2D eigenvalue weighted by Crippen LogP contribution is 2.31. The van der Waals surface area contributed by atoms with Gasteiger partial charge in [-0.3, -0.25) is 9.59 Å². The van der Waals surface area contributed by atoms with E-state index in [4.69, 9.17) is 11.6 Å². The van der Waals surface area contributed by atoms with E-state index in [9.17, 15) is 9.59 Å². The molecule has 1 amide bonds. The summed E-state index contributed by atoms with van der Waals surface area (Å²) in [6, 6.07) is 11.3. The highest BCUT2D eigenvalue weighted by atomic mass is 79.9. The van der Waals surface area contributed by atoms with Crippen molar-refractivity contribution in [2.24, 2.45) is 0 Å². The Labute approximate surface area is 177 Å². The van der Waals surface area contributed by atoms with Gasteiger partial charge in [0, 0.05) is 48.6 Å². The van der Waals surface area contributed by atoms with Gasteiger partial charge in [-0.25, -0.2) is 0 Å². The molecule has 2 heterocycles. The third-order valence-corrected chi connectivity index (χ3v) is 5.81. The van der Waals surface area contributed by atoms with Crippen LogP contribution in [0.1, 0.15) is 23.0 Å². The Morgan fingerprint density at radius 3 is 2.82 bits per heavy atom. The van der Waals surface area contributed by atoms with E-state index < -0.39 is 11.7 Å². The maximum atomic E-state index is 13.2. The van der Waals surface area contributed by atoms with Crippen LogP contribution in [-0.2, 0) is 17.8 Å². The van der Waals surface area contributed by atoms with Crippen LogP contribution in [0.4, 0.5) is 5.69 Å². The van der Waals surface area contributed by atoms with E-state index >= 15 is 0 Å². The molecule has 28 heavy (non-hydrogen) atoms. The molecule has 3 aromatic rings. The van der Waals surface area contributed by atoms with Gasteiger partial charge in [0.2, 0.25) is 0 Å². The van der Waals surface area contributed by atoms with Crippen molar-refractivity contribution in [1.29, 1.82) is 0 Å². The van der Waals surface area contributed by atoms with Crippen LogP contribution in [0.5, 0.6) is 0 Å². The Kier molecular flexibility index (Phi) is 5.27. The van der Waals surface area contributed by atoms with Gasteiger partial charge in [-0.2, -0.15) is 0 Å². The van der Waals surface area contributed by atoms with Gasteiger partial charge in [-0.05, 0) is 30.7 Å². The van der Waals surface area contributed by atoms with Crippen LogP contribution >= 0.6 is 27.5 Å². The SMILES string of the molecule is Cc1cc(Br)cc(Cl)c1NC(=O)C(=O)c1c2n(c3ccccc13)CCNCC2.[HH]. The highest BCUT2D eigenvalue weighted by Gasteiger charge is 2.28. The number of nitrogens with one attached hydrogen (secondary N) is 2. The highest BCUT2D eigenvalue weighted by molar-refractivity contribution is 9.10. The number of hydrogen-bond donors (Lipinski definition) is 2. The number of carbonyl (C=O) groups is 2. The molecule has 1 aliphatic rings. The summed E-state index contributed by atoms with van der Waals surface area (Å²) in [5.74, 6) is -1.21. The van der Waals surface area contributed by atoms with Gasteiger partial charge in [0.25, 0.3) is 11.7 Å². The van der Waals surface area contributed by atoms with Crippen molar-refractivity contribution < 1.29 is 11.0 Å². The second-order valence-electron chi connectivity index (χ2n) is 6.85. The maximum absolute atomic E-state index is 13.2. The Hall–Kier alpha value is -2.15. The summed E-state index contributed by atoms with van der Waals surface area (Å²) in [6.07, 6.45) is 0.696. The summed E-state index contributed by atoms with van der Waals surface area (Å²) in [5.41, 5.74) is 3.62. The fourth-order valence-corrected chi connectivity index (χ4v) is 4.81. The standard InChI is InChI=1S/C21H19BrClN3O2.H2/c1-12-10-13(22)11-15(23)19(12)25-21(28)20(27)18-14-4-2-3-5-16(14)26-9-8-24-7-6-17(18)26;/h2-5,10-11,24H,6-9H2,1H3,(H,25,28);1H. The third-order valence-electron chi connectivity index (χ3n) is 5.05. The van der Waals surface area contributed by atoms with E-state index in [0.29, 0.717) is 22.7 Å². The van der Waals surface area contributed by atoms with E-state index in [0.717, 1.165) is 46.3 Å². The average molecular weight is 463 g/mol. The summed E-state index contributed by atoms with van der Waals surface area (Å²) in [6.45, 7) is 4.21. The lowest BCUT2D eigenvalue weighted by Crippen LogP contribution is -2.25. The monoisotopic (exact) mass is 461 g/mol. The molecule has 5 nitrogen and oxygen atoms in total. The Morgan fingerprint density at radius 2 is 2.04 bits per heavy atom. The van der Waals surface area contributed by atoms with Gasteiger partial charge in [-0.1, -0.05) is 45.7 Å². The fraction of sp³-hybridized carbons (Fsp3) is 0.238. The van der Waals surface area contributed by atoms with E-state index in [1.165, 1.54) is 0 Å². The first-order valence-corrected chi connectivity index (χ1v) is 10.3. The predicted molar refractivity (Wildman–Crippen MR) is 117 cm³/mol. The molecule has 2 N–H and O–H groups in total. The summed E-state index contributed by atoms with van der Waals surface area (Å²) in [5, 5.41) is 7.27. The second kappa shape index (κ2) is 7.70. The molecule has 4 rings (SSSR count). The molecular formula is C21H21BrClN3O2. The number of nitrogens with zero attached hydrogens (tertiary/aromatic N) is 1. The van der Waals surface area contributed by atoms with Crippen molar-refractivity contribution in [3.63, 3.8) is 0 Å². The number of hydrogen-bond acceptors (Lipinski definition) is 3. The minimum Gasteiger partial charge on any atom is -0.343 e. The van der Waals surface area contributed by atoms with Gasteiger partial charge in [-0.15, -0.1) is 0 Å². The molecule has 1 aliphatic heterocycles. The van der Waals surface area contributed by atoms with Gasteiger partial charge in [0.1, 0.15) is 0 Å². The number of anilines is 1. The van der Waals surface area contributed by atoms with E-state index in [1.54, 1.807) is 6.07 Å². The van der Waals surface area contributed by atoms with Crippen LogP contribution in [-0.4, -0.2) is 29.3 Å². The normalized spacial score (nSPS) is 13.8. The topological polar surface area (TPSA) is 63.1 Å². The largest absolute Gasteiger partial charge is 0.343 e. The zero-order valence-electron chi connectivity index (χ0n) is 15.3. The summed E-state index contributed by atoms with van der Waals surface area (Å²) in [7, 11) is 0. The number of rotatable bonds is 3. The molecule has 0 bridgehead atoms. The minimum absolute atomic E-state index is 0. The third kappa shape index (κ3) is 3.36. The van der Waals surface area contributed by atoms with Crippen LogP contribution < -0.4 is 10.6 Å². The van der Waals surface area contributed by atoms with E-state index in [2.05, 4.69) is 31.1 Å². The molecule has 146 valence electrons. The maximum Gasteiger partial charge on any atom is 0.296 e. The molecule has 1 aromatic heterocycles. The number of ketones is 1. The van der Waals surface area contributed by atoms with Crippen LogP contribution in [0.15, 0.2) is 40.9 Å². The first-order chi connectivity index (χ1) is 13.5. The van der Waals surface area contributed by atoms with Gasteiger partial charge < -0.3 is 15.2 Å². The lowest BCUT2D eigenvalue weighted by Gasteiger charge is -2.11. The number of carbonyl (C=O) groups excluding carboxylic acids is 2. The van der Waals surface area contributed by atoms with E-state index in [1.807, 2.05) is 37.3 Å². The second-order valence-corrected chi connectivity index (χ2v) is 8.18. The van der Waals surface area contributed by atoms with Crippen molar-refractivity contribution in [3.05, 3.63) is 62.7 Å². The molecule has 0 atom stereocenters. The Balaban J connectivity index is 0.00000240. The first kappa shape index (κ1) is 19.2. The van der Waals surface area contributed by atoms with Crippen molar-refractivity contribution in [3.8, 4) is 0 Å². The molecule has 0 unspecified atom stereocenters. The lowest BCUT2D eigenvalue weighted by atomic mass is 10.0. The van der Waals surface area contributed by atoms with E-state index in [-0.39, 0.29) is 1.43 Å². The summed E-state index contributed by atoms with van der Waals surface area (Å²) >= 11 is 9.65. The molecule has 0 radical (unpaired) electrons. The number of fused-ring (bicyclic) bond motifs is 3. The zero-order chi connectivity index (χ0) is 19.8. The molecular weight excluding hydrogens is 442 g/mol. The van der Waals surface area contributed by atoms with Crippen LogP contribution in [0.25, 0.3) is 10.9 Å². The number of Topliss-reactive ketones (excluding diaryl/α,β-unsaturated/α-hetero) is 1. The average Bonchev–Trinajstić information content (AvgIpc) is 2.80. The first-order valence-electron chi connectivity index (χ1n) is 9.09. The minimum atomic E-state index is -0.677. The number of benzene rings is 2. The number of aromatic nitrogens is 1. The lowest BCUT2D eigenvalue weighted by molar-refractivity contribution is -0.112. The summed E-state index contributed by atoms with van der Waals surface area (Å²) in [4.78, 5) is 26.1. The molecule has 0 saturated carbocycles. The number of para-hydroxylation sites is 1. The van der Waals surface area contributed by atoms with Gasteiger partial charge in [0.05, 0.1) is 16.3 Å². The number of amides is 1. The number of halogens is 2. The van der Waals surface area contributed by atoms with Gasteiger partial charge >= 0.3 is 0 Å². The smallest absolute Gasteiger partial charge is 0.296 e. The number of aryl methyl sites for hydroxylation is 1. The quantitative estimate of drug-likeness (QED) is 0.442. The Morgan fingerprint density at radius 1 is 1.25 bits per heavy atom. The van der Waals surface area contributed by atoms with Crippen molar-refractivity contribution in [2.75, 3.05) is 18.4 Å². The fourth-order valence-electron chi connectivity index (χ4n) is 3.79. The molecule has 0 saturated heterocycles. The molecule has 0 aliphatic carbocycles. The van der Waals surface area contributed by atoms with Crippen molar-refractivity contribution in [1.82, 2.24) is 9.88 Å². The van der Waals surface area contributed by atoms with Crippen LogP contribution in [0.3, 0.4) is 0 Å². The van der Waals surface area contributed by atoms with Crippen LogP contribution in [0.2, 0.25) is 5.02 Å². The zero-order valence-corrected chi connectivity index (χ0v) is 17.7. The van der Waals surface area contributed by atoms with Crippen LogP contribution in [0, 0.1) is 6.92 Å². The Bertz CT molecular complexity index is 1090. The van der Waals surface area contributed by atoms with Crippen molar-refractivity contribution >= 4 is 55.8 Å². The molecule has 0 spiro atoms. The summed E-state index contributed by atoms with van der Waals surface area (Å²) < 4.78 is 2.96. The van der Waals surface area contributed by atoms with Gasteiger partial charge in [0.15, 0.2) is 0 Å².